The fourth-order valence-corrected chi connectivity index (χ4v) is 4.22. The number of benzene rings is 2. The van der Waals surface area contributed by atoms with Crippen molar-refractivity contribution < 1.29 is 17.9 Å². The lowest BCUT2D eigenvalue weighted by Gasteiger charge is -2.18. The number of carbonyl (C=O) groups excluding carboxylic acids is 1. The third-order valence-corrected chi connectivity index (χ3v) is 6.37. The number of ether oxygens (including phenoxy) is 1. The van der Waals surface area contributed by atoms with Gasteiger partial charge in [0.15, 0.2) is 0 Å². The molecule has 0 bridgehead atoms. The fraction of sp³-hybridized carbons (Fsp3) is 0.250. The summed E-state index contributed by atoms with van der Waals surface area (Å²) in [6.45, 7) is 4.42. The maximum absolute atomic E-state index is 12.5. The Labute approximate surface area is 170 Å². The zero-order valence-corrected chi connectivity index (χ0v) is 17.5. The first-order valence-corrected chi connectivity index (χ1v) is 10.6. The number of anilines is 1. The van der Waals surface area contributed by atoms with Crippen molar-refractivity contribution in [3.8, 4) is 5.75 Å². The summed E-state index contributed by atoms with van der Waals surface area (Å²) in [5.41, 5.74) is 1.16. The summed E-state index contributed by atoms with van der Waals surface area (Å²) in [4.78, 5) is 12.4. The van der Waals surface area contributed by atoms with Crippen molar-refractivity contribution in [3.05, 3.63) is 59.1 Å². The third kappa shape index (κ3) is 5.34. The monoisotopic (exact) mass is 422 g/mol. The summed E-state index contributed by atoms with van der Waals surface area (Å²) in [5.74, 6) is 0.137. The first kappa shape index (κ1) is 21.9. The highest BCUT2D eigenvalue weighted by atomic mass is 35.5. The number of nitrogens with one attached hydrogen (secondary N) is 1. The van der Waals surface area contributed by atoms with Crippen LogP contribution in [-0.4, -0.2) is 38.8 Å². The molecule has 0 radical (unpaired) electrons. The van der Waals surface area contributed by atoms with E-state index in [1.54, 1.807) is 50.3 Å². The van der Waals surface area contributed by atoms with E-state index in [0.29, 0.717) is 35.1 Å². The molecule has 0 saturated heterocycles. The maximum Gasteiger partial charge on any atom is 0.248 e. The quantitative estimate of drug-likeness (QED) is 0.651. The van der Waals surface area contributed by atoms with E-state index in [2.05, 4.69) is 5.32 Å². The van der Waals surface area contributed by atoms with Gasteiger partial charge in [0.1, 0.15) is 5.75 Å². The zero-order valence-electron chi connectivity index (χ0n) is 16.0. The van der Waals surface area contributed by atoms with Crippen LogP contribution in [0.4, 0.5) is 5.69 Å². The number of hydrogen-bond acceptors (Lipinski definition) is 4. The lowest BCUT2D eigenvalue weighted by Crippen LogP contribution is -2.30. The zero-order chi connectivity index (χ0) is 20.7. The standard InChI is InChI=1S/C20H23ClN2O4S/c1-4-23(5-2)28(25,26)17-10-6-15(7-11-17)8-13-20(24)22-18-14-16(21)9-12-19(18)27-3/h6-14H,4-5H2,1-3H3,(H,22,24). The van der Waals surface area contributed by atoms with Gasteiger partial charge in [0, 0.05) is 24.2 Å². The topological polar surface area (TPSA) is 75.7 Å². The van der Waals surface area contributed by atoms with Crippen LogP contribution in [0.3, 0.4) is 0 Å². The average molecular weight is 423 g/mol. The second kappa shape index (κ2) is 9.73. The highest BCUT2D eigenvalue weighted by molar-refractivity contribution is 7.89. The van der Waals surface area contributed by atoms with Gasteiger partial charge in [-0.3, -0.25) is 4.79 Å². The highest BCUT2D eigenvalue weighted by Gasteiger charge is 2.20. The SMILES string of the molecule is CCN(CC)S(=O)(=O)c1ccc(C=CC(=O)Nc2cc(Cl)ccc2OC)cc1. The van der Waals surface area contributed by atoms with Gasteiger partial charge in [0.25, 0.3) is 0 Å². The van der Waals surface area contributed by atoms with Crippen LogP contribution in [0.5, 0.6) is 5.75 Å². The first-order chi connectivity index (χ1) is 13.3. The van der Waals surface area contributed by atoms with Crippen LogP contribution in [-0.2, 0) is 14.8 Å². The highest BCUT2D eigenvalue weighted by Crippen LogP contribution is 2.27. The van der Waals surface area contributed by atoms with Gasteiger partial charge in [0.2, 0.25) is 15.9 Å². The molecule has 28 heavy (non-hydrogen) atoms. The minimum absolute atomic E-state index is 0.224. The fourth-order valence-electron chi connectivity index (χ4n) is 2.59. The molecule has 2 aromatic carbocycles. The lowest BCUT2D eigenvalue weighted by atomic mass is 10.2. The van der Waals surface area contributed by atoms with Crippen LogP contribution in [0.25, 0.3) is 6.08 Å². The molecule has 0 aliphatic rings. The number of sulfonamides is 1. The molecule has 0 saturated carbocycles. The van der Waals surface area contributed by atoms with Gasteiger partial charge in [-0.2, -0.15) is 4.31 Å². The summed E-state index contributed by atoms with van der Waals surface area (Å²) in [6.07, 6.45) is 2.95. The average Bonchev–Trinajstić information content (AvgIpc) is 2.67. The van der Waals surface area contributed by atoms with Crippen LogP contribution < -0.4 is 10.1 Å². The first-order valence-electron chi connectivity index (χ1n) is 8.74. The molecule has 0 fully saturated rings. The molecule has 6 nitrogen and oxygen atoms in total. The van der Waals surface area contributed by atoms with Crippen molar-refractivity contribution in [1.82, 2.24) is 4.31 Å². The molecular formula is C20H23ClN2O4S. The van der Waals surface area contributed by atoms with E-state index < -0.39 is 10.0 Å². The molecule has 150 valence electrons. The Bertz CT molecular complexity index is 953. The van der Waals surface area contributed by atoms with Crippen LogP contribution in [0.2, 0.25) is 5.02 Å². The number of amides is 1. The number of halogens is 1. The van der Waals surface area contributed by atoms with Gasteiger partial charge < -0.3 is 10.1 Å². The van der Waals surface area contributed by atoms with Crippen molar-refractivity contribution in [2.75, 3.05) is 25.5 Å². The Hall–Kier alpha value is -2.35. The number of methoxy groups -OCH3 is 1. The van der Waals surface area contributed by atoms with Gasteiger partial charge in [-0.15, -0.1) is 0 Å². The van der Waals surface area contributed by atoms with Crippen molar-refractivity contribution in [3.63, 3.8) is 0 Å². The normalized spacial score (nSPS) is 11.8. The Morgan fingerprint density at radius 2 is 1.79 bits per heavy atom. The molecule has 0 aromatic heterocycles. The molecule has 0 atom stereocenters. The molecule has 1 amide bonds. The number of hydrogen-bond donors (Lipinski definition) is 1. The van der Waals surface area contributed by atoms with E-state index in [-0.39, 0.29) is 10.8 Å². The van der Waals surface area contributed by atoms with Gasteiger partial charge in [-0.1, -0.05) is 37.6 Å². The summed E-state index contributed by atoms with van der Waals surface area (Å²) in [7, 11) is -2.00. The molecule has 0 spiro atoms. The predicted octanol–water partition coefficient (Wildman–Crippen LogP) is 4.03. The third-order valence-electron chi connectivity index (χ3n) is 4.07. The van der Waals surface area contributed by atoms with E-state index in [0.717, 1.165) is 0 Å². The summed E-state index contributed by atoms with van der Waals surface area (Å²) in [5, 5.41) is 3.18. The molecule has 1 N–H and O–H groups in total. The van der Waals surface area contributed by atoms with E-state index in [4.69, 9.17) is 16.3 Å². The van der Waals surface area contributed by atoms with E-state index in [1.807, 2.05) is 0 Å². The minimum atomic E-state index is -3.50. The number of carbonyl (C=O) groups is 1. The molecule has 8 heteroatoms. The largest absolute Gasteiger partial charge is 0.495 e. The van der Waals surface area contributed by atoms with Crippen LogP contribution in [0.15, 0.2) is 53.4 Å². The van der Waals surface area contributed by atoms with Crippen molar-refractivity contribution in [2.24, 2.45) is 0 Å². The molecule has 2 rings (SSSR count). The van der Waals surface area contributed by atoms with Crippen LogP contribution >= 0.6 is 11.6 Å². The second-order valence-corrected chi connectivity index (χ2v) is 8.20. The van der Waals surface area contributed by atoms with Gasteiger partial charge in [-0.05, 0) is 42.0 Å². The Morgan fingerprint density at radius 1 is 1.14 bits per heavy atom. The summed E-state index contributed by atoms with van der Waals surface area (Å²) in [6, 6.07) is 11.3. The molecule has 0 aliphatic heterocycles. The van der Waals surface area contributed by atoms with Gasteiger partial charge in [-0.25, -0.2) is 8.42 Å². The second-order valence-electron chi connectivity index (χ2n) is 5.83. The molecule has 0 unspecified atom stereocenters. The Balaban J connectivity index is 2.11. The molecule has 0 heterocycles. The number of nitrogens with zero attached hydrogens (tertiary/aromatic N) is 1. The smallest absolute Gasteiger partial charge is 0.248 e. The van der Waals surface area contributed by atoms with Crippen molar-refractivity contribution in [2.45, 2.75) is 18.7 Å². The summed E-state index contributed by atoms with van der Waals surface area (Å²) < 4.78 is 31.5. The van der Waals surface area contributed by atoms with Crippen LogP contribution in [0.1, 0.15) is 19.4 Å². The van der Waals surface area contributed by atoms with Gasteiger partial charge in [0.05, 0.1) is 17.7 Å². The molecular weight excluding hydrogens is 400 g/mol. The minimum Gasteiger partial charge on any atom is -0.495 e. The number of rotatable bonds is 8. The predicted molar refractivity (Wildman–Crippen MR) is 112 cm³/mol. The molecule has 2 aromatic rings. The van der Waals surface area contributed by atoms with E-state index in [9.17, 15) is 13.2 Å². The lowest BCUT2D eigenvalue weighted by molar-refractivity contribution is -0.111. The van der Waals surface area contributed by atoms with Gasteiger partial charge >= 0.3 is 0 Å². The van der Waals surface area contributed by atoms with E-state index >= 15 is 0 Å². The summed E-state index contributed by atoms with van der Waals surface area (Å²) >= 11 is 5.95. The van der Waals surface area contributed by atoms with Crippen molar-refractivity contribution in [1.29, 1.82) is 0 Å². The van der Waals surface area contributed by atoms with Crippen molar-refractivity contribution >= 4 is 39.3 Å². The van der Waals surface area contributed by atoms with Crippen LogP contribution in [0, 0.1) is 0 Å². The van der Waals surface area contributed by atoms with E-state index in [1.165, 1.54) is 29.6 Å². The Kier molecular flexibility index (Phi) is 7.62. The Morgan fingerprint density at radius 3 is 2.36 bits per heavy atom. The molecule has 0 aliphatic carbocycles. The maximum atomic E-state index is 12.5.